The average molecular weight is 452 g/mol. The number of aliphatic carboxylic acids is 1. The quantitative estimate of drug-likeness (QED) is 0.451. The molecular weight excluding hydrogens is 414 g/mol. The van der Waals surface area contributed by atoms with E-state index in [0.717, 1.165) is 35.1 Å². The Hall–Kier alpha value is -2.92. The first-order valence-corrected chi connectivity index (χ1v) is 11.6. The summed E-state index contributed by atoms with van der Waals surface area (Å²) in [6.07, 6.45) is 6.27. The molecule has 0 fully saturated rings. The van der Waals surface area contributed by atoms with Crippen LogP contribution in [0, 0.1) is 13.8 Å². The largest absolute Gasteiger partial charge is 0.480 e. The third-order valence-electron chi connectivity index (χ3n) is 6.79. The van der Waals surface area contributed by atoms with Crippen LogP contribution in [-0.4, -0.2) is 34.2 Å². The molecule has 178 valence electrons. The predicted molar refractivity (Wildman–Crippen MR) is 134 cm³/mol. The molecule has 0 spiro atoms. The zero-order valence-electron chi connectivity index (χ0n) is 20.7. The molecule has 5 nitrogen and oxygen atoms in total. The van der Waals surface area contributed by atoms with Crippen LogP contribution in [0.4, 0.5) is 0 Å². The maximum Gasteiger partial charge on any atom is 0.322 e. The van der Waals surface area contributed by atoms with Crippen molar-refractivity contribution in [1.29, 1.82) is 0 Å². The van der Waals surface area contributed by atoms with Crippen LogP contribution in [0.5, 0.6) is 0 Å². The van der Waals surface area contributed by atoms with Crippen molar-refractivity contribution in [2.24, 2.45) is 0 Å². The summed E-state index contributed by atoms with van der Waals surface area (Å²) < 4.78 is 0. The van der Waals surface area contributed by atoms with Gasteiger partial charge in [-0.3, -0.25) is 9.59 Å². The number of carboxylic acids is 1. The fourth-order valence-electron chi connectivity index (χ4n) is 4.25. The molecule has 0 bridgehead atoms. The number of benzene rings is 2. The molecule has 0 aliphatic carbocycles. The molecule has 2 aromatic carbocycles. The van der Waals surface area contributed by atoms with Crippen LogP contribution in [-0.2, 0) is 10.2 Å². The summed E-state index contributed by atoms with van der Waals surface area (Å²) in [7, 11) is 0. The van der Waals surface area contributed by atoms with Crippen molar-refractivity contribution in [3.05, 3.63) is 75.9 Å². The van der Waals surface area contributed by atoms with Gasteiger partial charge in [0.05, 0.1) is 5.60 Å². The van der Waals surface area contributed by atoms with Crippen LogP contribution < -0.4 is 5.32 Å². The fraction of sp³-hybridized carbons (Fsp3) is 0.429. The smallest absolute Gasteiger partial charge is 0.322 e. The van der Waals surface area contributed by atoms with Gasteiger partial charge in [0.25, 0.3) is 5.91 Å². The van der Waals surface area contributed by atoms with Crippen molar-refractivity contribution < 1.29 is 19.8 Å². The van der Waals surface area contributed by atoms with Gasteiger partial charge >= 0.3 is 5.97 Å². The van der Waals surface area contributed by atoms with Gasteiger partial charge in [-0.1, -0.05) is 63.3 Å². The normalized spacial score (nSPS) is 13.7. The van der Waals surface area contributed by atoms with E-state index in [4.69, 9.17) is 5.11 Å². The molecule has 5 heteroatoms. The van der Waals surface area contributed by atoms with Crippen molar-refractivity contribution in [3.63, 3.8) is 0 Å². The highest BCUT2D eigenvalue weighted by Crippen LogP contribution is 2.40. The van der Waals surface area contributed by atoms with Crippen molar-refractivity contribution in [2.45, 2.75) is 71.8 Å². The van der Waals surface area contributed by atoms with Crippen molar-refractivity contribution in [1.82, 2.24) is 5.32 Å². The summed E-state index contributed by atoms with van der Waals surface area (Å²) in [5.74, 6) is -1.45. The molecule has 2 aromatic rings. The monoisotopic (exact) mass is 451 g/mol. The summed E-state index contributed by atoms with van der Waals surface area (Å²) in [5, 5.41) is 21.5. The van der Waals surface area contributed by atoms with E-state index in [1.165, 1.54) is 5.56 Å². The third kappa shape index (κ3) is 6.11. The molecular formula is C28H37NO4. The van der Waals surface area contributed by atoms with E-state index in [-0.39, 0.29) is 11.3 Å². The number of carbonyl (C=O) groups excluding carboxylic acids is 1. The van der Waals surface area contributed by atoms with Gasteiger partial charge in [0.1, 0.15) is 6.54 Å². The highest BCUT2D eigenvalue weighted by atomic mass is 16.4. The fourth-order valence-corrected chi connectivity index (χ4v) is 4.25. The number of carbonyl (C=O) groups is 2. The van der Waals surface area contributed by atoms with Crippen LogP contribution in [0.15, 0.2) is 42.5 Å². The van der Waals surface area contributed by atoms with Crippen LogP contribution >= 0.6 is 0 Å². The average Bonchev–Trinajstić information content (AvgIpc) is 2.78. The molecule has 0 heterocycles. The lowest BCUT2D eigenvalue weighted by Crippen LogP contribution is -2.30. The van der Waals surface area contributed by atoms with E-state index in [1.807, 2.05) is 38.1 Å². The van der Waals surface area contributed by atoms with E-state index in [0.29, 0.717) is 12.0 Å². The molecule has 0 aromatic heterocycles. The summed E-state index contributed by atoms with van der Waals surface area (Å²) >= 11 is 0. The molecule has 0 aliphatic heterocycles. The minimum absolute atomic E-state index is 0.206. The first kappa shape index (κ1) is 26.3. The number of aryl methyl sites for hydroxylation is 2. The number of amides is 1. The van der Waals surface area contributed by atoms with Crippen molar-refractivity contribution in [3.8, 4) is 0 Å². The second-order valence-electron chi connectivity index (χ2n) is 9.01. The lowest BCUT2D eigenvalue weighted by atomic mass is 9.69. The number of nitrogens with one attached hydrogen (secondary N) is 1. The van der Waals surface area contributed by atoms with Crippen LogP contribution in [0.2, 0.25) is 0 Å². The SMILES string of the molecule is CCC(C)(O)/C=C/c1ccc(C(CC)(CC)c2ccc(C(=O)NCC(=O)O)c(C)c2)cc1C. The van der Waals surface area contributed by atoms with E-state index in [2.05, 4.69) is 44.3 Å². The number of hydrogen-bond acceptors (Lipinski definition) is 3. The lowest BCUT2D eigenvalue weighted by Gasteiger charge is -2.34. The Balaban J connectivity index is 2.44. The molecule has 0 aliphatic rings. The van der Waals surface area contributed by atoms with Crippen molar-refractivity contribution >= 4 is 18.0 Å². The van der Waals surface area contributed by atoms with Gasteiger partial charge in [-0.25, -0.2) is 0 Å². The van der Waals surface area contributed by atoms with Crippen LogP contribution in [0.3, 0.4) is 0 Å². The molecule has 3 N–H and O–H groups in total. The first-order valence-electron chi connectivity index (χ1n) is 11.6. The highest BCUT2D eigenvalue weighted by molar-refractivity contribution is 5.97. The molecule has 0 saturated carbocycles. The zero-order chi connectivity index (χ0) is 24.8. The Bertz CT molecular complexity index is 1030. The molecule has 2 rings (SSSR count). The van der Waals surface area contributed by atoms with Crippen LogP contribution in [0.1, 0.15) is 85.1 Å². The number of carboxylic acid groups (broad SMARTS) is 1. The summed E-state index contributed by atoms with van der Waals surface area (Å²) in [4.78, 5) is 23.1. The Morgan fingerprint density at radius 1 is 0.939 bits per heavy atom. The lowest BCUT2D eigenvalue weighted by molar-refractivity contribution is -0.135. The second-order valence-corrected chi connectivity index (χ2v) is 9.01. The first-order chi connectivity index (χ1) is 15.5. The molecule has 1 atom stereocenters. The Kier molecular flexibility index (Phi) is 8.62. The van der Waals surface area contributed by atoms with Gasteiger partial charge in [-0.2, -0.15) is 0 Å². The van der Waals surface area contributed by atoms with Crippen LogP contribution in [0.25, 0.3) is 6.08 Å². The maximum atomic E-state index is 12.4. The standard InChI is InChI=1S/C28H37NO4/c1-7-27(6,33)15-14-21-10-11-22(16-19(21)4)28(8-2,9-3)23-12-13-24(20(5)17-23)26(32)29-18-25(30)31/h10-17,33H,7-9,18H2,1-6H3,(H,29,32)(H,30,31)/b15-14+. The van der Waals surface area contributed by atoms with E-state index in [9.17, 15) is 14.7 Å². The van der Waals surface area contributed by atoms with Gasteiger partial charge in [0, 0.05) is 11.0 Å². The minimum Gasteiger partial charge on any atom is -0.480 e. The molecule has 0 radical (unpaired) electrons. The van der Waals surface area contributed by atoms with Gasteiger partial charge in [0.15, 0.2) is 0 Å². The maximum absolute atomic E-state index is 12.4. The topological polar surface area (TPSA) is 86.6 Å². The molecule has 33 heavy (non-hydrogen) atoms. The number of aliphatic hydroxyl groups is 1. The van der Waals surface area contributed by atoms with E-state index >= 15 is 0 Å². The van der Waals surface area contributed by atoms with Gasteiger partial charge in [-0.05, 0) is 73.9 Å². The Labute approximate surface area is 197 Å². The molecule has 1 unspecified atom stereocenters. The zero-order valence-corrected chi connectivity index (χ0v) is 20.7. The van der Waals surface area contributed by atoms with Gasteiger partial charge < -0.3 is 15.5 Å². The molecule has 1 amide bonds. The van der Waals surface area contributed by atoms with Gasteiger partial charge in [-0.15, -0.1) is 0 Å². The van der Waals surface area contributed by atoms with Gasteiger partial charge in [0.2, 0.25) is 0 Å². The second kappa shape index (κ2) is 10.8. The van der Waals surface area contributed by atoms with Crippen molar-refractivity contribution in [2.75, 3.05) is 6.54 Å². The Morgan fingerprint density at radius 3 is 2.00 bits per heavy atom. The molecule has 0 saturated heterocycles. The summed E-state index contributed by atoms with van der Waals surface area (Å²) in [6.45, 7) is 11.7. The highest BCUT2D eigenvalue weighted by Gasteiger charge is 2.31. The van der Waals surface area contributed by atoms with E-state index < -0.39 is 18.1 Å². The number of rotatable bonds is 10. The number of hydrogen-bond donors (Lipinski definition) is 3. The Morgan fingerprint density at radius 2 is 1.52 bits per heavy atom. The predicted octanol–water partition coefficient (Wildman–Crippen LogP) is 5.40. The summed E-state index contributed by atoms with van der Waals surface area (Å²) in [6, 6.07) is 12.3. The minimum atomic E-state index is -1.07. The van der Waals surface area contributed by atoms with E-state index in [1.54, 1.807) is 13.0 Å². The third-order valence-corrected chi connectivity index (χ3v) is 6.79. The summed E-state index contributed by atoms with van der Waals surface area (Å²) in [5.41, 5.74) is 4.85.